The van der Waals surface area contributed by atoms with Crippen LogP contribution in [0.5, 0.6) is 0 Å². The first-order valence-electron chi connectivity index (χ1n) is 9.03. The van der Waals surface area contributed by atoms with E-state index in [1.807, 2.05) is 18.2 Å². The fourth-order valence-electron chi connectivity index (χ4n) is 2.67. The van der Waals surface area contributed by atoms with Crippen LogP contribution in [0, 0.1) is 23.7 Å². The van der Waals surface area contributed by atoms with E-state index in [4.69, 9.17) is 4.42 Å². The summed E-state index contributed by atoms with van der Waals surface area (Å²) in [4.78, 5) is 0. The Morgan fingerprint density at radius 3 is 2.33 bits per heavy atom. The van der Waals surface area contributed by atoms with E-state index in [1.54, 1.807) is 6.26 Å². The van der Waals surface area contributed by atoms with Crippen molar-refractivity contribution in [3.63, 3.8) is 0 Å². The Bertz CT molecular complexity index is 702. The molecule has 0 aliphatic carbocycles. The Balaban J connectivity index is 1.82. The van der Waals surface area contributed by atoms with E-state index in [2.05, 4.69) is 48.8 Å². The van der Waals surface area contributed by atoms with Crippen molar-refractivity contribution in [3.05, 3.63) is 59.5 Å². The molecule has 0 atom stereocenters. The van der Waals surface area contributed by atoms with Gasteiger partial charge in [0.25, 0.3) is 0 Å². The Morgan fingerprint density at radius 2 is 1.54 bits per heavy atom. The lowest BCUT2D eigenvalue weighted by molar-refractivity contribution is 0.554. The highest BCUT2D eigenvalue weighted by Crippen LogP contribution is 2.13. The third kappa shape index (κ3) is 6.80. The van der Waals surface area contributed by atoms with E-state index >= 15 is 0 Å². The molecule has 124 valence electrons. The van der Waals surface area contributed by atoms with Crippen LogP contribution in [-0.4, -0.2) is 0 Å². The molecule has 1 heteroatoms. The van der Waals surface area contributed by atoms with Gasteiger partial charge < -0.3 is 4.42 Å². The average molecular weight is 318 g/mol. The predicted octanol–water partition coefficient (Wildman–Crippen LogP) is 5.98. The maximum Gasteiger partial charge on any atom is 0.177 e. The lowest BCUT2D eigenvalue weighted by atomic mass is 10.0. The second kappa shape index (κ2) is 11.2. The molecule has 0 N–H and O–H groups in total. The van der Waals surface area contributed by atoms with Gasteiger partial charge in [0, 0.05) is 5.56 Å². The van der Waals surface area contributed by atoms with Crippen molar-refractivity contribution in [2.75, 3.05) is 0 Å². The standard InChI is InChI=1S/C23H26O/c1-2-3-4-5-6-7-8-14-21-15-9-10-16-22(21)17-11-12-18-23-19-13-20-24-23/h9-10,13,15-16,19-20H,2-8,14H2,1H3. The van der Waals surface area contributed by atoms with Crippen molar-refractivity contribution >= 4 is 0 Å². The number of unbranched alkanes of at least 4 members (excludes halogenated alkanes) is 6. The largest absolute Gasteiger partial charge is 0.456 e. The van der Waals surface area contributed by atoms with Gasteiger partial charge in [-0.05, 0) is 54.4 Å². The minimum Gasteiger partial charge on any atom is -0.456 e. The smallest absolute Gasteiger partial charge is 0.177 e. The van der Waals surface area contributed by atoms with Crippen LogP contribution in [0.3, 0.4) is 0 Å². The van der Waals surface area contributed by atoms with E-state index in [1.165, 1.54) is 50.5 Å². The Labute approximate surface area is 146 Å². The topological polar surface area (TPSA) is 13.1 Å². The van der Waals surface area contributed by atoms with Gasteiger partial charge in [-0.3, -0.25) is 0 Å². The monoisotopic (exact) mass is 318 g/mol. The van der Waals surface area contributed by atoms with Gasteiger partial charge in [0.15, 0.2) is 5.76 Å². The Hall–Kier alpha value is -2.38. The van der Waals surface area contributed by atoms with Crippen LogP contribution in [0.15, 0.2) is 47.1 Å². The minimum atomic E-state index is 0.653. The van der Waals surface area contributed by atoms with Crippen molar-refractivity contribution in [1.82, 2.24) is 0 Å². The van der Waals surface area contributed by atoms with Gasteiger partial charge in [-0.1, -0.05) is 69.6 Å². The number of aryl methyl sites for hydroxylation is 1. The van der Waals surface area contributed by atoms with Gasteiger partial charge in [0.05, 0.1) is 6.26 Å². The molecule has 24 heavy (non-hydrogen) atoms. The Kier molecular flexibility index (Phi) is 8.39. The highest BCUT2D eigenvalue weighted by molar-refractivity contribution is 5.46. The molecular formula is C23H26O. The molecule has 1 nitrogen and oxygen atoms in total. The van der Waals surface area contributed by atoms with Crippen molar-refractivity contribution in [2.45, 2.75) is 58.3 Å². The summed E-state index contributed by atoms with van der Waals surface area (Å²) in [6.45, 7) is 2.26. The molecule has 0 saturated heterocycles. The van der Waals surface area contributed by atoms with Gasteiger partial charge in [0.2, 0.25) is 0 Å². The molecule has 0 saturated carbocycles. The molecular weight excluding hydrogens is 292 g/mol. The Morgan fingerprint density at radius 1 is 0.792 bits per heavy atom. The SMILES string of the molecule is CCCCCCCCCc1ccccc1C#CC#Cc1ccco1. The third-order valence-corrected chi connectivity index (χ3v) is 4.03. The van der Waals surface area contributed by atoms with E-state index < -0.39 is 0 Å². The molecule has 0 radical (unpaired) electrons. The molecule has 1 heterocycles. The third-order valence-electron chi connectivity index (χ3n) is 4.03. The summed E-state index contributed by atoms with van der Waals surface area (Å²) < 4.78 is 5.17. The minimum absolute atomic E-state index is 0.653. The normalized spacial score (nSPS) is 9.71. The number of rotatable bonds is 8. The molecule has 0 unspecified atom stereocenters. The number of hydrogen-bond acceptors (Lipinski definition) is 1. The predicted molar refractivity (Wildman–Crippen MR) is 101 cm³/mol. The molecule has 0 amide bonds. The van der Waals surface area contributed by atoms with E-state index in [9.17, 15) is 0 Å². The van der Waals surface area contributed by atoms with E-state index in [0.29, 0.717) is 5.76 Å². The van der Waals surface area contributed by atoms with Crippen LogP contribution in [0.2, 0.25) is 0 Å². The molecule has 0 spiro atoms. The van der Waals surface area contributed by atoms with Crippen molar-refractivity contribution < 1.29 is 4.42 Å². The van der Waals surface area contributed by atoms with Crippen LogP contribution in [-0.2, 0) is 6.42 Å². The van der Waals surface area contributed by atoms with E-state index in [-0.39, 0.29) is 0 Å². The summed E-state index contributed by atoms with van der Waals surface area (Å²) in [5.41, 5.74) is 2.43. The summed E-state index contributed by atoms with van der Waals surface area (Å²) >= 11 is 0. The number of benzene rings is 1. The quantitative estimate of drug-likeness (QED) is 0.431. The maximum atomic E-state index is 5.17. The van der Waals surface area contributed by atoms with Crippen LogP contribution >= 0.6 is 0 Å². The summed E-state index contributed by atoms with van der Waals surface area (Å²) in [5.74, 6) is 12.5. The lowest BCUT2D eigenvalue weighted by Crippen LogP contribution is -1.90. The zero-order chi connectivity index (χ0) is 16.9. The van der Waals surface area contributed by atoms with E-state index in [0.717, 1.165) is 12.0 Å². The second-order valence-electron chi connectivity index (χ2n) is 6.01. The van der Waals surface area contributed by atoms with Crippen LogP contribution in [0.4, 0.5) is 0 Å². The zero-order valence-electron chi connectivity index (χ0n) is 14.6. The van der Waals surface area contributed by atoms with Crippen molar-refractivity contribution in [1.29, 1.82) is 0 Å². The highest BCUT2D eigenvalue weighted by Gasteiger charge is 1.99. The molecule has 1 aromatic carbocycles. The molecule has 1 aromatic heterocycles. The zero-order valence-corrected chi connectivity index (χ0v) is 14.6. The first-order chi connectivity index (χ1) is 11.9. The molecule has 0 bridgehead atoms. The van der Waals surface area contributed by atoms with Gasteiger partial charge in [0.1, 0.15) is 0 Å². The number of hydrogen-bond donors (Lipinski definition) is 0. The van der Waals surface area contributed by atoms with Gasteiger partial charge in [-0.15, -0.1) is 0 Å². The lowest BCUT2D eigenvalue weighted by Gasteiger charge is -2.04. The highest BCUT2D eigenvalue weighted by atomic mass is 16.3. The molecule has 0 aliphatic rings. The summed E-state index contributed by atoms with van der Waals surface area (Å²) in [5, 5.41) is 0. The average Bonchev–Trinajstić information content (AvgIpc) is 3.12. The van der Waals surface area contributed by atoms with Gasteiger partial charge in [-0.2, -0.15) is 0 Å². The molecule has 0 fully saturated rings. The summed E-state index contributed by atoms with van der Waals surface area (Å²) in [7, 11) is 0. The molecule has 2 aromatic rings. The molecule has 2 rings (SSSR count). The van der Waals surface area contributed by atoms with Crippen LogP contribution in [0.25, 0.3) is 0 Å². The first-order valence-corrected chi connectivity index (χ1v) is 9.03. The van der Waals surface area contributed by atoms with Gasteiger partial charge in [-0.25, -0.2) is 0 Å². The summed E-state index contributed by atoms with van der Waals surface area (Å²) in [6.07, 6.45) is 12.1. The van der Waals surface area contributed by atoms with Crippen LogP contribution < -0.4 is 0 Å². The number of furan rings is 1. The molecule has 0 aliphatic heterocycles. The van der Waals surface area contributed by atoms with Crippen molar-refractivity contribution in [2.24, 2.45) is 0 Å². The maximum absolute atomic E-state index is 5.17. The second-order valence-corrected chi connectivity index (χ2v) is 6.01. The fraction of sp³-hybridized carbons (Fsp3) is 0.391. The first kappa shape index (κ1) is 18.0. The van der Waals surface area contributed by atoms with Crippen LogP contribution in [0.1, 0.15) is 68.8 Å². The summed E-state index contributed by atoms with van der Waals surface area (Å²) in [6, 6.07) is 12.1. The van der Waals surface area contributed by atoms with Gasteiger partial charge >= 0.3 is 0 Å². The van der Waals surface area contributed by atoms with Crippen molar-refractivity contribution in [3.8, 4) is 23.7 Å². The fourth-order valence-corrected chi connectivity index (χ4v) is 2.67.